The van der Waals surface area contributed by atoms with Gasteiger partial charge in [-0.2, -0.15) is 18.3 Å². The van der Waals surface area contributed by atoms with E-state index in [-0.39, 0.29) is 0 Å². The van der Waals surface area contributed by atoms with Gasteiger partial charge in [0.2, 0.25) is 0 Å². The summed E-state index contributed by atoms with van der Waals surface area (Å²) in [5.74, 6) is 0. The normalized spacial score (nSPS) is 11.8. The molecular weight excluding hydrogens is 339 g/mol. The summed E-state index contributed by atoms with van der Waals surface area (Å²) in [6.07, 6.45) is -1.14. The molecule has 6 heteroatoms. The molecule has 0 radical (unpaired) electrons. The van der Waals surface area contributed by atoms with E-state index in [0.717, 1.165) is 23.2 Å². The van der Waals surface area contributed by atoms with Gasteiger partial charge >= 0.3 is 6.18 Å². The van der Waals surface area contributed by atoms with Crippen molar-refractivity contribution >= 4 is 11.0 Å². The van der Waals surface area contributed by atoms with Crippen molar-refractivity contribution in [2.24, 2.45) is 0 Å². The van der Waals surface area contributed by atoms with Crippen molar-refractivity contribution in [1.82, 2.24) is 14.8 Å². The standard InChI is InChI=1S/C20H14F3N3/c21-20(22,23)17-8-4-7-15(9-17)16-10-19-18(24-11-16)12-25-26(19)13-14-5-2-1-3-6-14/h1-12H,13H2. The Kier molecular flexibility index (Phi) is 3.95. The quantitative estimate of drug-likeness (QED) is 0.509. The minimum absolute atomic E-state index is 0.474. The monoisotopic (exact) mass is 353 g/mol. The van der Waals surface area contributed by atoms with Crippen molar-refractivity contribution < 1.29 is 13.2 Å². The molecule has 0 fully saturated rings. The van der Waals surface area contributed by atoms with Crippen LogP contribution in [0.5, 0.6) is 0 Å². The number of hydrogen-bond donors (Lipinski definition) is 0. The first-order valence-electron chi connectivity index (χ1n) is 8.04. The molecule has 26 heavy (non-hydrogen) atoms. The minimum Gasteiger partial charge on any atom is -0.259 e. The summed E-state index contributed by atoms with van der Waals surface area (Å²) >= 11 is 0. The van der Waals surface area contributed by atoms with E-state index in [4.69, 9.17) is 0 Å². The third-order valence-corrected chi connectivity index (χ3v) is 4.19. The molecule has 0 aliphatic rings. The molecule has 0 atom stereocenters. The Hall–Kier alpha value is -3.15. The number of fused-ring (bicyclic) bond motifs is 1. The Bertz CT molecular complexity index is 1050. The van der Waals surface area contributed by atoms with Crippen LogP contribution in [-0.4, -0.2) is 14.8 Å². The van der Waals surface area contributed by atoms with Gasteiger partial charge in [0.05, 0.1) is 23.8 Å². The maximum Gasteiger partial charge on any atom is 0.416 e. The topological polar surface area (TPSA) is 30.7 Å². The van der Waals surface area contributed by atoms with Crippen molar-refractivity contribution in [3.05, 3.63) is 84.2 Å². The molecule has 4 aromatic rings. The zero-order valence-corrected chi connectivity index (χ0v) is 13.6. The summed E-state index contributed by atoms with van der Waals surface area (Å²) in [6.45, 7) is 0.568. The number of hydrogen-bond acceptors (Lipinski definition) is 2. The zero-order chi connectivity index (χ0) is 18.1. The van der Waals surface area contributed by atoms with Crippen molar-refractivity contribution in [3.8, 4) is 11.1 Å². The van der Waals surface area contributed by atoms with E-state index in [1.165, 1.54) is 6.07 Å². The van der Waals surface area contributed by atoms with Gasteiger partial charge < -0.3 is 0 Å². The van der Waals surface area contributed by atoms with Crippen LogP contribution < -0.4 is 0 Å². The lowest BCUT2D eigenvalue weighted by atomic mass is 10.0. The summed E-state index contributed by atoms with van der Waals surface area (Å²) in [5, 5.41) is 4.36. The SMILES string of the molecule is FC(F)(F)c1cccc(-c2cnc3cnn(Cc4ccccc4)c3c2)c1. The number of halogens is 3. The molecule has 2 heterocycles. The third-order valence-electron chi connectivity index (χ3n) is 4.19. The van der Waals surface area contributed by atoms with E-state index in [9.17, 15) is 13.2 Å². The van der Waals surface area contributed by atoms with E-state index < -0.39 is 11.7 Å². The Morgan fingerprint density at radius 2 is 1.65 bits per heavy atom. The highest BCUT2D eigenvalue weighted by molar-refractivity contribution is 5.80. The largest absolute Gasteiger partial charge is 0.416 e. The Balaban J connectivity index is 1.75. The molecule has 2 aromatic heterocycles. The zero-order valence-electron chi connectivity index (χ0n) is 13.6. The molecule has 0 spiro atoms. The van der Waals surface area contributed by atoms with Crippen LogP contribution >= 0.6 is 0 Å². The second-order valence-electron chi connectivity index (χ2n) is 5.99. The Labute approximate surface area is 147 Å². The van der Waals surface area contributed by atoms with E-state index in [1.54, 1.807) is 23.1 Å². The molecular formula is C20H14F3N3. The summed E-state index contributed by atoms with van der Waals surface area (Å²) < 4.78 is 40.7. The van der Waals surface area contributed by atoms with E-state index in [1.807, 2.05) is 36.4 Å². The highest BCUT2D eigenvalue weighted by Gasteiger charge is 2.30. The van der Waals surface area contributed by atoms with Crippen LogP contribution in [0.2, 0.25) is 0 Å². The summed E-state index contributed by atoms with van der Waals surface area (Å²) in [5.41, 5.74) is 3.00. The maximum absolute atomic E-state index is 13.0. The minimum atomic E-state index is -4.37. The second kappa shape index (κ2) is 6.29. The average molecular weight is 353 g/mol. The second-order valence-corrected chi connectivity index (χ2v) is 5.99. The first-order valence-corrected chi connectivity index (χ1v) is 8.04. The molecule has 0 saturated heterocycles. The lowest BCUT2D eigenvalue weighted by molar-refractivity contribution is -0.137. The predicted molar refractivity (Wildman–Crippen MR) is 93.5 cm³/mol. The molecule has 2 aromatic carbocycles. The predicted octanol–water partition coefficient (Wildman–Crippen LogP) is 5.17. The lowest BCUT2D eigenvalue weighted by Crippen LogP contribution is -2.04. The van der Waals surface area contributed by atoms with E-state index >= 15 is 0 Å². The Morgan fingerprint density at radius 3 is 2.42 bits per heavy atom. The van der Waals surface area contributed by atoms with Crippen LogP contribution in [0.15, 0.2) is 73.1 Å². The first-order chi connectivity index (χ1) is 12.5. The molecule has 3 nitrogen and oxygen atoms in total. The van der Waals surface area contributed by atoms with Crippen LogP contribution in [0.1, 0.15) is 11.1 Å². The molecule has 0 amide bonds. The van der Waals surface area contributed by atoms with Crippen LogP contribution in [0, 0.1) is 0 Å². The van der Waals surface area contributed by atoms with Crippen LogP contribution in [0.25, 0.3) is 22.2 Å². The van der Waals surface area contributed by atoms with Gasteiger partial charge in [-0.25, -0.2) is 0 Å². The molecule has 0 saturated carbocycles. The summed E-state index contributed by atoms with van der Waals surface area (Å²) in [6, 6.07) is 16.9. The fourth-order valence-corrected chi connectivity index (χ4v) is 2.87. The van der Waals surface area contributed by atoms with Crippen LogP contribution in [0.4, 0.5) is 13.2 Å². The summed E-state index contributed by atoms with van der Waals surface area (Å²) in [7, 11) is 0. The smallest absolute Gasteiger partial charge is 0.259 e. The number of nitrogens with zero attached hydrogens (tertiary/aromatic N) is 3. The molecule has 0 aliphatic carbocycles. The molecule has 0 N–H and O–H groups in total. The number of pyridine rings is 1. The number of alkyl halides is 3. The van der Waals surface area contributed by atoms with E-state index in [2.05, 4.69) is 10.1 Å². The van der Waals surface area contributed by atoms with Gasteiger partial charge in [0.1, 0.15) is 5.52 Å². The molecule has 4 rings (SSSR count). The van der Waals surface area contributed by atoms with Crippen molar-refractivity contribution in [2.75, 3.05) is 0 Å². The molecule has 0 unspecified atom stereocenters. The summed E-state index contributed by atoms with van der Waals surface area (Å²) in [4.78, 5) is 4.35. The van der Waals surface area contributed by atoms with E-state index in [0.29, 0.717) is 23.2 Å². The molecule has 0 aliphatic heterocycles. The number of benzene rings is 2. The fourth-order valence-electron chi connectivity index (χ4n) is 2.87. The number of aromatic nitrogens is 3. The van der Waals surface area contributed by atoms with Crippen molar-refractivity contribution in [2.45, 2.75) is 12.7 Å². The molecule has 0 bridgehead atoms. The van der Waals surface area contributed by atoms with Gasteiger partial charge in [0.25, 0.3) is 0 Å². The third kappa shape index (κ3) is 3.18. The average Bonchev–Trinajstić information content (AvgIpc) is 3.04. The van der Waals surface area contributed by atoms with Crippen molar-refractivity contribution in [1.29, 1.82) is 0 Å². The van der Waals surface area contributed by atoms with Crippen LogP contribution in [-0.2, 0) is 12.7 Å². The highest BCUT2D eigenvalue weighted by Crippen LogP contribution is 2.32. The lowest BCUT2D eigenvalue weighted by Gasteiger charge is -2.09. The van der Waals surface area contributed by atoms with Gasteiger partial charge in [0.15, 0.2) is 0 Å². The fraction of sp³-hybridized carbons (Fsp3) is 0.100. The molecule has 130 valence electrons. The first kappa shape index (κ1) is 16.3. The highest BCUT2D eigenvalue weighted by atomic mass is 19.4. The van der Waals surface area contributed by atoms with Gasteiger partial charge in [-0.15, -0.1) is 0 Å². The van der Waals surface area contributed by atoms with Gasteiger partial charge in [-0.3, -0.25) is 9.67 Å². The van der Waals surface area contributed by atoms with Crippen molar-refractivity contribution in [3.63, 3.8) is 0 Å². The van der Waals surface area contributed by atoms with Gasteiger partial charge in [-0.1, -0.05) is 42.5 Å². The van der Waals surface area contributed by atoms with Gasteiger partial charge in [-0.05, 0) is 29.3 Å². The maximum atomic E-state index is 13.0. The Morgan fingerprint density at radius 1 is 0.846 bits per heavy atom. The van der Waals surface area contributed by atoms with Crippen LogP contribution in [0.3, 0.4) is 0 Å². The van der Waals surface area contributed by atoms with Gasteiger partial charge in [0, 0.05) is 11.8 Å². The number of rotatable bonds is 3.